The number of guanidine groups is 1. The van der Waals surface area contributed by atoms with E-state index in [1.165, 1.54) is 42.6 Å². The highest BCUT2D eigenvalue weighted by Crippen LogP contribution is 2.20. The zero-order valence-electron chi connectivity index (χ0n) is 20.2. The molecule has 0 saturated carbocycles. The Balaban J connectivity index is 0.00000385. The van der Waals surface area contributed by atoms with Crippen LogP contribution < -0.4 is 15.4 Å². The number of methoxy groups -OCH3 is 1. The summed E-state index contributed by atoms with van der Waals surface area (Å²) in [6.07, 6.45) is 3.54. The van der Waals surface area contributed by atoms with Gasteiger partial charge in [0, 0.05) is 52.4 Å². The molecule has 2 aromatic carbocycles. The molecule has 1 saturated heterocycles. The Bertz CT molecular complexity index is 852. The number of likely N-dealkylation sites (tertiary alicyclic amines) is 1. The fourth-order valence-corrected chi connectivity index (χ4v) is 3.87. The highest BCUT2D eigenvalue weighted by atomic mass is 127. The molecule has 7 heteroatoms. The van der Waals surface area contributed by atoms with E-state index < -0.39 is 0 Å². The van der Waals surface area contributed by atoms with E-state index in [2.05, 4.69) is 69.9 Å². The molecule has 0 bridgehead atoms. The SMILES string of the molecule is CN=C(NCc1ccc(CN2CCCC2)cc1)NCc1ccc(C)cc1OCCCOC.I. The topological polar surface area (TPSA) is 58.1 Å². The van der Waals surface area contributed by atoms with Gasteiger partial charge in [0.2, 0.25) is 0 Å². The molecule has 182 valence electrons. The lowest BCUT2D eigenvalue weighted by Crippen LogP contribution is -2.36. The average Bonchev–Trinajstić information content (AvgIpc) is 3.32. The Morgan fingerprint density at radius 2 is 1.67 bits per heavy atom. The van der Waals surface area contributed by atoms with Crippen LogP contribution in [0.15, 0.2) is 47.5 Å². The van der Waals surface area contributed by atoms with Crippen molar-refractivity contribution in [1.82, 2.24) is 15.5 Å². The first kappa shape index (κ1) is 27.4. The number of halogens is 1. The molecule has 6 nitrogen and oxygen atoms in total. The highest BCUT2D eigenvalue weighted by Gasteiger charge is 2.11. The molecule has 0 unspecified atom stereocenters. The highest BCUT2D eigenvalue weighted by molar-refractivity contribution is 14.0. The number of nitrogens with one attached hydrogen (secondary N) is 2. The maximum absolute atomic E-state index is 5.99. The van der Waals surface area contributed by atoms with E-state index in [-0.39, 0.29) is 24.0 Å². The van der Waals surface area contributed by atoms with E-state index in [0.717, 1.165) is 36.8 Å². The van der Waals surface area contributed by atoms with Gasteiger partial charge in [-0.1, -0.05) is 36.4 Å². The molecule has 1 heterocycles. The molecule has 1 aliphatic heterocycles. The normalized spacial score (nSPS) is 14.1. The summed E-state index contributed by atoms with van der Waals surface area (Å²) < 4.78 is 11.1. The van der Waals surface area contributed by atoms with Gasteiger partial charge < -0.3 is 20.1 Å². The molecule has 0 amide bonds. The van der Waals surface area contributed by atoms with Crippen molar-refractivity contribution in [2.75, 3.05) is 40.5 Å². The number of hydrogen-bond acceptors (Lipinski definition) is 4. The molecular weight excluding hydrogens is 527 g/mol. The molecule has 0 aromatic heterocycles. The van der Waals surface area contributed by atoms with Crippen LogP contribution in [0.2, 0.25) is 0 Å². The zero-order chi connectivity index (χ0) is 22.6. The van der Waals surface area contributed by atoms with Crippen LogP contribution >= 0.6 is 24.0 Å². The third-order valence-electron chi connectivity index (χ3n) is 5.73. The van der Waals surface area contributed by atoms with Gasteiger partial charge in [0.1, 0.15) is 5.75 Å². The van der Waals surface area contributed by atoms with Gasteiger partial charge in [-0.05, 0) is 55.6 Å². The Labute approximate surface area is 216 Å². The van der Waals surface area contributed by atoms with Gasteiger partial charge in [0.05, 0.1) is 6.61 Å². The first-order valence-corrected chi connectivity index (χ1v) is 11.6. The summed E-state index contributed by atoms with van der Waals surface area (Å²) in [4.78, 5) is 6.90. The maximum Gasteiger partial charge on any atom is 0.191 e. The Morgan fingerprint density at radius 3 is 2.36 bits per heavy atom. The first-order chi connectivity index (χ1) is 15.7. The predicted octanol–water partition coefficient (Wildman–Crippen LogP) is 4.49. The van der Waals surface area contributed by atoms with Crippen molar-refractivity contribution in [2.24, 2.45) is 4.99 Å². The second-order valence-electron chi connectivity index (χ2n) is 8.39. The molecule has 3 rings (SSSR count). The fraction of sp³-hybridized carbons (Fsp3) is 0.500. The molecule has 2 aromatic rings. The van der Waals surface area contributed by atoms with Crippen molar-refractivity contribution < 1.29 is 9.47 Å². The monoisotopic (exact) mass is 566 g/mol. The largest absolute Gasteiger partial charge is 0.493 e. The van der Waals surface area contributed by atoms with Gasteiger partial charge in [-0.2, -0.15) is 0 Å². The molecule has 0 spiro atoms. The van der Waals surface area contributed by atoms with Crippen LogP contribution in [0.25, 0.3) is 0 Å². The molecule has 33 heavy (non-hydrogen) atoms. The van der Waals surface area contributed by atoms with Crippen LogP contribution in [0.1, 0.15) is 41.5 Å². The summed E-state index contributed by atoms with van der Waals surface area (Å²) >= 11 is 0. The lowest BCUT2D eigenvalue weighted by molar-refractivity contribution is 0.171. The molecule has 0 aliphatic carbocycles. The number of benzene rings is 2. The van der Waals surface area contributed by atoms with Crippen molar-refractivity contribution in [3.8, 4) is 5.75 Å². The van der Waals surface area contributed by atoms with Crippen LogP contribution in [-0.2, 0) is 24.4 Å². The van der Waals surface area contributed by atoms with Crippen molar-refractivity contribution in [2.45, 2.75) is 45.8 Å². The van der Waals surface area contributed by atoms with E-state index in [1.807, 2.05) is 0 Å². The second kappa shape index (κ2) is 15.1. The van der Waals surface area contributed by atoms with Crippen molar-refractivity contribution >= 4 is 29.9 Å². The van der Waals surface area contributed by atoms with Gasteiger partial charge in [-0.25, -0.2) is 0 Å². The van der Waals surface area contributed by atoms with Gasteiger partial charge in [0.25, 0.3) is 0 Å². The minimum Gasteiger partial charge on any atom is -0.493 e. The van der Waals surface area contributed by atoms with E-state index in [4.69, 9.17) is 9.47 Å². The van der Waals surface area contributed by atoms with Crippen molar-refractivity contribution in [3.05, 3.63) is 64.7 Å². The molecule has 0 radical (unpaired) electrons. The smallest absolute Gasteiger partial charge is 0.191 e. The Kier molecular flexibility index (Phi) is 12.6. The van der Waals surface area contributed by atoms with E-state index in [9.17, 15) is 0 Å². The second-order valence-corrected chi connectivity index (χ2v) is 8.39. The predicted molar refractivity (Wildman–Crippen MR) is 147 cm³/mol. The number of aryl methyl sites for hydroxylation is 1. The summed E-state index contributed by atoms with van der Waals surface area (Å²) in [5.41, 5.74) is 4.93. The minimum absolute atomic E-state index is 0. The van der Waals surface area contributed by atoms with Gasteiger partial charge in [-0.3, -0.25) is 9.89 Å². The maximum atomic E-state index is 5.99. The Hall–Kier alpha value is -1.84. The number of ether oxygens (including phenoxy) is 2. The van der Waals surface area contributed by atoms with E-state index in [1.54, 1.807) is 14.2 Å². The third-order valence-corrected chi connectivity index (χ3v) is 5.73. The minimum atomic E-state index is 0. The van der Waals surface area contributed by atoms with Crippen LogP contribution in [-0.4, -0.2) is 51.3 Å². The number of hydrogen-bond donors (Lipinski definition) is 2. The van der Waals surface area contributed by atoms with E-state index >= 15 is 0 Å². The van der Waals surface area contributed by atoms with Gasteiger partial charge in [0.15, 0.2) is 5.96 Å². The summed E-state index contributed by atoms with van der Waals surface area (Å²) in [5.74, 6) is 1.69. The van der Waals surface area contributed by atoms with Crippen LogP contribution in [0.5, 0.6) is 5.75 Å². The quantitative estimate of drug-likeness (QED) is 0.182. The summed E-state index contributed by atoms with van der Waals surface area (Å²) in [6.45, 7) is 8.32. The summed E-state index contributed by atoms with van der Waals surface area (Å²) in [5, 5.41) is 6.81. The molecular formula is C26H39IN4O2. The average molecular weight is 567 g/mol. The number of rotatable bonds is 11. The summed E-state index contributed by atoms with van der Waals surface area (Å²) in [7, 11) is 3.51. The molecule has 1 fully saturated rings. The lowest BCUT2D eigenvalue weighted by Gasteiger charge is -2.16. The first-order valence-electron chi connectivity index (χ1n) is 11.6. The number of nitrogens with zero attached hydrogens (tertiary/aromatic N) is 2. The van der Waals surface area contributed by atoms with Crippen molar-refractivity contribution in [1.29, 1.82) is 0 Å². The molecule has 2 N–H and O–H groups in total. The van der Waals surface area contributed by atoms with Crippen LogP contribution in [0.4, 0.5) is 0 Å². The van der Waals surface area contributed by atoms with E-state index in [0.29, 0.717) is 19.8 Å². The standard InChI is InChI=1S/C26H38N4O2.HI/c1-21-7-12-24(25(17-21)32-16-6-15-31-3)19-29-26(27-2)28-18-22-8-10-23(11-9-22)20-30-13-4-5-14-30;/h7-12,17H,4-6,13-16,18-20H2,1-3H3,(H2,27,28,29);1H. The van der Waals surface area contributed by atoms with Gasteiger partial charge in [-0.15, -0.1) is 24.0 Å². The third kappa shape index (κ3) is 9.51. The summed E-state index contributed by atoms with van der Waals surface area (Å²) in [6, 6.07) is 15.2. The molecule has 1 aliphatic rings. The number of aliphatic imine (C=N–C) groups is 1. The Morgan fingerprint density at radius 1 is 0.970 bits per heavy atom. The van der Waals surface area contributed by atoms with Crippen LogP contribution in [0, 0.1) is 6.92 Å². The van der Waals surface area contributed by atoms with Crippen molar-refractivity contribution in [3.63, 3.8) is 0 Å². The van der Waals surface area contributed by atoms with Gasteiger partial charge >= 0.3 is 0 Å². The molecule has 0 atom stereocenters. The zero-order valence-corrected chi connectivity index (χ0v) is 22.6. The lowest BCUT2D eigenvalue weighted by atomic mass is 10.1. The van der Waals surface area contributed by atoms with Crippen LogP contribution in [0.3, 0.4) is 0 Å². The fourth-order valence-electron chi connectivity index (χ4n) is 3.87.